The van der Waals surface area contributed by atoms with Crippen molar-refractivity contribution in [3.8, 4) is 11.1 Å². The topological polar surface area (TPSA) is 20.5 Å². The van der Waals surface area contributed by atoms with Gasteiger partial charge in [-0.1, -0.05) is 146 Å². The second-order valence-electron chi connectivity index (χ2n) is 14.8. The summed E-state index contributed by atoms with van der Waals surface area (Å²) in [5.74, 6) is 0.916. The van der Waals surface area contributed by atoms with Crippen LogP contribution in [0.25, 0.3) is 85.4 Å². The average Bonchev–Trinajstić information content (AvgIpc) is 3.78. The monoisotopic (exact) mass is 719 g/mol. The quantitative estimate of drug-likeness (QED) is 0.174. The predicted molar refractivity (Wildman–Crippen MR) is 235 cm³/mol. The summed E-state index contributed by atoms with van der Waals surface area (Å²) in [5.41, 5.74) is 8.25. The van der Waals surface area contributed by atoms with Crippen LogP contribution in [0.1, 0.15) is 17.2 Å². The van der Waals surface area contributed by atoms with E-state index in [0.29, 0.717) is 0 Å². The third-order valence-electron chi connectivity index (χ3n) is 11.8. The first-order chi connectivity index (χ1) is 27.2. The molecule has 0 saturated heterocycles. The maximum atomic E-state index is 5.64. The van der Waals surface area contributed by atoms with E-state index in [0.717, 1.165) is 22.7 Å². The molecule has 258 valence electrons. The van der Waals surface area contributed by atoms with Crippen molar-refractivity contribution < 1.29 is 0 Å². The fourth-order valence-corrected chi connectivity index (χ4v) is 10.4. The van der Waals surface area contributed by atoms with Gasteiger partial charge in [-0.25, -0.2) is 4.99 Å². The van der Waals surface area contributed by atoms with Crippen LogP contribution in [0.4, 0.5) is 5.69 Å². The van der Waals surface area contributed by atoms with Crippen LogP contribution in [0.2, 0.25) is 0 Å². The Morgan fingerprint density at radius 1 is 0.491 bits per heavy atom. The molecular weight excluding hydrogens is 687 g/mol. The number of thiophene rings is 1. The van der Waals surface area contributed by atoms with Crippen molar-refractivity contribution in [2.75, 3.05) is 7.05 Å². The van der Waals surface area contributed by atoms with Gasteiger partial charge in [0.2, 0.25) is 5.96 Å². The third kappa shape index (κ3) is 4.46. The molecule has 11 aromatic rings. The van der Waals surface area contributed by atoms with E-state index in [1.165, 1.54) is 85.5 Å². The fraction of sp³-hybridized carbons (Fsp3) is 0.0392. The van der Waals surface area contributed by atoms with Crippen molar-refractivity contribution >= 4 is 97.3 Å². The van der Waals surface area contributed by atoms with Crippen LogP contribution in [-0.4, -0.2) is 22.5 Å². The fourth-order valence-electron chi connectivity index (χ4n) is 9.28. The van der Waals surface area contributed by atoms with Crippen molar-refractivity contribution in [2.45, 2.75) is 6.04 Å². The Morgan fingerprint density at radius 3 is 2.04 bits per heavy atom. The van der Waals surface area contributed by atoms with Crippen LogP contribution in [0.5, 0.6) is 0 Å². The van der Waals surface area contributed by atoms with E-state index in [1.54, 1.807) is 0 Å². The number of para-hydroxylation sites is 1. The standard InChI is InChI=1S/C51H33N3S/c1-53-50(34-23-21-33(22-24-34)37-18-10-13-31-11-2-4-14-36(31)37)41-27-25-32-12-3-5-15-38(32)49(41)52-51(53)54-44-19-8-6-16-39(44)43-30-42-35(29-45(43)54)26-28-47-48(42)40-17-7-9-20-46(40)55-47/h2-30,50H,1H3. The normalized spacial score (nSPS) is 14.5. The van der Waals surface area contributed by atoms with Gasteiger partial charge >= 0.3 is 0 Å². The van der Waals surface area contributed by atoms with E-state index < -0.39 is 0 Å². The summed E-state index contributed by atoms with van der Waals surface area (Å²) in [6.45, 7) is 0. The molecule has 2 aromatic heterocycles. The molecule has 0 aliphatic carbocycles. The molecule has 0 fully saturated rings. The highest BCUT2D eigenvalue weighted by Gasteiger charge is 2.32. The minimum Gasteiger partial charge on any atom is -0.334 e. The molecule has 55 heavy (non-hydrogen) atoms. The maximum absolute atomic E-state index is 5.64. The van der Waals surface area contributed by atoms with E-state index in [4.69, 9.17) is 4.99 Å². The van der Waals surface area contributed by atoms with Crippen LogP contribution in [-0.2, 0) is 0 Å². The van der Waals surface area contributed by atoms with Gasteiger partial charge in [0, 0.05) is 48.9 Å². The zero-order chi connectivity index (χ0) is 36.2. The highest BCUT2D eigenvalue weighted by atomic mass is 32.1. The summed E-state index contributed by atoms with van der Waals surface area (Å²) in [6.07, 6.45) is 0. The summed E-state index contributed by atoms with van der Waals surface area (Å²) in [6, 6.07) is 64.6. The van der Waals surface area contributed by atoms with Crippen LogP contribution < -0.4 is 0 Å². The molecular formula is C51H33N3S. The zero-order valence-corrected chi connectivity index (χ0v) is 30.9. The molecule has 3 nitrogen and oxygen atoms in total. The van der Waals surface area contributed by atoms with Crippen molar-refractivity contribution in [3.63, 3.8) is 0 Å². The SMILES string of the molecule is CN1C(n2c3ccccc3c3cc4c(ccc5sc6ccccc6c54)cc32)=Nc2c(ccc3ccccc23)C1c1ccc(-c2cccc3ccccc23)cc1. The number of benzene rings is 9. The van der Waals surface area contributed by atoms with E-state index in [2.05, 4.69) is 192 Å². The van der Waals surface area contributed by atoms with Gasteiger partial charge in [-0.05, 0) is 74.0 Å². The van der Waals surface area contributed by atoms with Gasteiger partial charge < -0.3 is 4.90 Å². The Bertz CT molecular complexity index is 3400. The lowest BCUT2D eigenvalue weighted by Crippen LogP contribution is -2.38. The second kappa shape index (κ2) is 11.6. The largest absolute Gasteiger partial charge is 0.334 e. The van der Waals surface area contributed by atoms with E-state index in [9.17, 15) is 0 Å². The summed E-state index contributed by atoms with van der Waals surface area (Å²) in [5, 5.41) is 12.5. The van der Waals surface area contributed by atoms with Gasteiger partial charge in [-0.3, -0.25) is 4.57 Å². The van der Waals surface area contributed by atoms with Crippen molar-refractivity contribution in [2.24, 2.45) is 4.99 Å². The summed E-state index contributed by atoms with van der Waals surface area (Å²) in [7, 11) is 2.21. The molecule has 1 aliphatic rings. The minimum absolute atomic E-state index is 0.0536. The average molecular weight is 720 g/mol. The number of aliphatic imine (C=N–C) groups is 1. The molecule has 1 aliphatic heterocycles. The number of nitrogens with zero attached hydrogens (tertiary/aromatic N) is 3. The van der Waals surface area contributed by atoms with Gasteiger partial charge in [0.15, 0.2) is 0 Å². The molecule has 0 N–H and O–H groups in total. The highest BCUT2D eigenvalue weighted by molar-refractivity contribution is 7.26. The van der Waals surface area contributed by atoms with Crippen molar-refractivity contribution in [1.82, 2.24) is 9.47 Å². The van der Waals surface area contributed by atoms with Gasteiger partial charge in [-0.15, -0.1) is 11.3 Å². The second-order valence-corrected chi connectivity index (χ2v) is 15.9. The van der Waals surface area contributed by atoms with Crippen LogP contribution >= 0.6 is 11.3 Å². The smallest absolute Gasteiger partial charge is 0.211 e. The van der Waals surface area contributed by atoms with Crippen LogP contribution in [0.15, 0.2) is 181 Å². The van der Waals surface area contributed by atoms with E-state index in [1.807, 2.05) is 11.3 Å². The Hall–Kier alpha value is -6.75. The molecule has 12 rings (SSSR count). The lowest BCUT2D eigenvalue weighted by molar-refractivity contribution is 0.410. The molecule has 0 saturated carbocycles. The van der Waals surface area contributed by atoms with E-state index in [-0.39, 0.29) is 6.04 Å². The number of hydrogen-bond acceptors (Lipinski definition) is 3. The highest BCUT2D eigenvalue weighted by Crippen LogP contribution is 2.46. The van der Waals surface area contributed by atoms with Crippen molar-refractivity contribution in [3.05, 3.63) is 187 Å². The Balaban J connectivity index is 1.09. The summed E-state index contributed by atoms with van der Waals surface area (Å²) < 4.78 is 5.06. The molecule has 3 heterocycles. The number of rotatable bonds is 2. The Labute approximate surface area is 321 Å². The van der Waals surface area contributed by atoms with E-state index >= 15 is 0 Å². The molecule has 1 atom stereocenters. The first-order valence-electron chi connectivity index (χ1n) is 18.9. The Morgan fingerprint density at radius 2 is 1.18 bits per heavy atom. The molecule has 4 heteroatoms. The first-order valence-corrected chi connectivity index (χ1v) is 19.7. The lowest BCUT2D eigenvalue weighted by Gasteiger charge is -2.37. The predicted octanol–water partition coefficient (Wildman–Crippen LogP) is 13.9. The number of aromatic nitrogens is 1. The molecule has 0 amide bonds. The molecule has 0 radical (unpaired) electrons. The summed E-state index contributed by atoms with van der Waals surface area (Å²) in [4.78, 5) is 8.03. The molecule has 0 spiro atoms. The van der Waals surface area contributed by atoms with Crippen LogP contribution in [0.3, 0.4) is 0 Å². The van der Waals surface area contributed by atoms with Gasteiger partial charge in [0.25, 0.3) is 0 Å². The first kappa shape index (κ1) is 30.7. The van der Waals surface area contributed by atoms with Crippen LogP contribution in [0, 0.1) is 0 Å². The molecule has 9 aromatic carbocycles. The number of hydrogen-bond donors (Lipinski definition) is 0. The third-order valence-corrected chi connectivity index (χ3v) is 13.0. The van der Waals surface area contributed by atoms with Gasteiger partial charge in [0.1, 0.15) is 0 Å². The maximum Gasteiger partial charge on any atom is 0.211 e. The lowest BCUT2D eigenvalue weighted by atomic mass is 9.90. The molecule has 0 bridgehead atoms. The Kier molecular flexibility index (Phi) is 6.48. The molecule has 1 unspecified atom stereocenters. The number of fused-ring (bicyclic) bond motifs is 12. The van der Waals surface area contributed by atoms with Crippen molar-refractivity contribution in [1.29, 1.82) is 0 Å². The van der Waals surface area contributed by atoms with Gasteiger partial charge in [-0.2, -0.15) is 0 Å². The van der Waals surface area contributed by atoms with Gasteiger partial charge in [0.05, 0.1) is 22.8 Å². The zero-order valence-electron chi connectivity index (χ0n) is 30.1. The minimum atomic E-state index is -0.0536. The summed E-state index contributed by atoms with van der Waals surface area (Å²) >= 11 is 1.88.